The lowest BCUT2D eigenvalue weighted by Gasteiger charge is -2.28. The molecule has 0 bridgehead atoms. The summed E-state index contributed by atoms with van der Waals surface area (Å²) in [5.41, 5.74) is -0.706. The molecule has 0 aliphatic heterocycles. The molecule has 2 rings (SSSR count). The van der Waals surface area contributed by atoms with Crippen molar-refractivity contribution in [3.05, 3.63) is 40.4 Å². The van der Waals surface area contributed by atoms with E-state index in [1.807, 2.05) is 6.07 Å². The van der Waals surface area contributed by atoms with Crippen LogP contribution in [0.25, 0.3) is 10.9 Å². The number of aromatic amines is 1. The van der Waals surface area contributed by atoms with Crippen molar-refractivity contribution in [2.75, 3.05) is 13.7 Å². The number of para-hydroxylation sites is 1. The first kappa shape index (κ1) is 19.1. The van der Waals surface area contributed by atoms with Gasteiger partial charge in [0.2, 0.25) is 0 Å². The zero-order chi connectivity index (χ0) is 19.3. The highest BCUT2D eigenvalue weighted by Crippen LogP contribution is 2.11. The SMILES string of the molecule is CN(C(=O)COC(=O)CCc1nc2ccccc2c(=O)[nH]1)C(C)(C)C#N. The Bertz CT molecular complexity index is 927. The summed E-state index contributed by atoms with van der Waals surface area (Å²) >= 11 is 0. The predicted octanol–water partition coefficient (Wildman–Crippen LogP) is 1.16. The van der Waals surface area contributed by atoms with Gasteiger partial charge in [0.1, 0.15) is 11.4 Å². The maximum Gasteiger partial charge on any atom is 0.306 e. The minimum absolute atomic E-state index is 0.0279. The average molecular weight is 356 g/mol. The van der Waals surface area contributed by atoms with Crippen LogP contribution in [-0.2, 0) is 20.7 Å². The Morgan fingerprint density at radius 3 is 2.73 bits per heavy atom. The van der Waals surface area contributed by atoms with Gasteiger partial charge in [-0.1, -0.05) is 12.1 Å². The van der Waals surface area contributed by atoms with E-state index in [4.69, 9.17) is 10.00 Å². The second-order valence-corrected chi connectivity index (χ2v) is 6.31. The number of H-pyrrole nitrogens is 1. The Labute approximate surface area is 150 Å². The van der Waals surface area contributed by atoms with Crippen molar-refractivity contribution in [3.8, 4) is 6.07 Å². The Balaban J connectivity index is 1.91. The number of hydrogen-bond donors (Lipinski definition) is 1. The molecule has 1 amide bonds. The molecule has 0 radical (unpaired) electrons. The molecule has 0 unspecified atom stereocenters. The predicted molar refractivity (Wildman–Crippen MR) is 94.1 cm³/mol. The molecule has 0 fully saturated rings. The van der Waals surface area contributed by atoms with Gasteiger partial charge in [0.15, 0.2) is 6.61 Å². The van der Waals surface area contributed by atoms with Crippen LogP contribution < -0.4 is 5.56 Å². The maximum atomic E-state index is 12.0. The van der Waals surface area contributed by atoms with E-state index in [0.717, 1.165) is 0 Å². The third-order valence-corrected chi connectivity index (χ3v) is 4.07. The molecule has 0 saturated heterocycles. The van der Waals surface area contributed by atoms with Crippen LogP contribution in [0.5, 0.6) is 0 Å². The molecule has 8 heteroatoms. The van der Waals surface area contributed by atoms with Crippen molar-refractivity contribution in [2.45, 2.75) is 32.2 Å². The molecule has 1 heterocycles. The van der Waals surface area contributed by atoms with E-state index >= 15 is 0 Å². The summed E-state index contributed by atoms with van der Waals surface area (Å²) in [6, 6.07) is 8.91. The van der Waals surface area contributed by atoms with Crippen LogP contribution in [0, 0.1) is 11.3 Å². The van der Waals surface area contributed by atoms with Gasteiger partial charge < -0.3 is 14.6 Å². The standard InChI is InChI=1S/C18H20N4O4/c1-18(2,11-19)22(3)15(23)10-26-16(24)9-8-14-20-13-7-5-4-6-12(13)17(25)21-14/h4-7H,8-10H2,1-3H3,(H,20,21,25). The number of nitrogens with zero attached hydrogens (tertiary/aromatic N) is 3. The zero-order valence-corrected chi connectivity index (χ0v) is 14.9. The summed E-state index contributed by atoms with van der Waals surface area (Å²) in [5, 5.41) is 9.49. The molecular weight excluding hydrogens is 336 g/mol. The molecular formula is C18H20N4O4. The van der Waals surface area contributed by atoms with Gasteiger partial charge in [0.25, 0.3) is 11.5 Å². The number of amides is 1. The normalized spacial score (nSPS) is 11.0. The molecule has 8 nitrogen and oxygen atoms in total. The van der Waals surface area contributed by atoms with Crippen molar-refractivity contribution in [2.24, 2.45) is 0 Å². The van der Waals surface area contributed by atoms with Gasteiger partial charge in [0, 0.05) is 13.5 Å². The van der Waals surface area contributed by atoms with Crippen molar-refractivity contribution in [1.82, 2.24) is 14.9 Å². The van der Waals surface area contributed by atoms with Crippen molar-refractivity contribution >= 4 is 22.8 Å². The van der Waals surface area contributed by atoms with E-state index in [0.29, 0.717) is 16.7 Å². The number of nitrogens with one attached hydrogen (secondary N) is 1. The largest absolute Gasteiger partial charge is 0.456 e. The van der Waals surface area contributed by atoms with E-state index in [2.05, 4.69) is 9.97 Å². The quantitative estimate of drug-likeness (QED) is 0.776. The number of carbonyl (C=O) groups is 2. The number of aryl methyl sites for hydroxylation is 1. The number of nitriles is 1. The van der Waals surface area contributed by atoms with E-state index in [1.54, 1.807) is 38.1 Å². The molecule has 0 spiro atoms. The summed E-state index contributed by atoms with van der Waals surface area (Å²) in [6.45, 7) is 2.74. The number of ether oxygens (including phenoxy) is 1. The van der Waals surface area contributed by atoms with Gasteiger partial charge in [-0.2, -0.15) is 5.26 Å². The summed E-state index contributed by atoms with van der Waals surface area (Å²) in [7, 11) is 1.48. The molecule has 1 N–H and O–H groups in total. The van der Waals surface area contributed by atoms with Crippen LogP contribution in [0.15, 0.2) is 29.1 Å². The fourth-order valence-electron chi connectivity index (χ4n) is 2.17. The molecule has 0 aliphatic carbocycles. The maximum absolute atomic E-state index is 12.0. The molecule has 0 atom stereocenters. The van der Waals surface area contributed by atoms with Gasteiger partial charge in [-0.05, 0) is 26.0 Å². The summed E-state index contributed by atoms with van der Waals surface area (Å²) in [5.74, 6) is -0.681. The van der Waals surface area contributed by atoms with Crippen LogP contribution in [0.2, 0.25) is 0 Å². The number of rotatable bonds is 6. The molecule has 26 heavy (non-hydrogen) atoms. The first-order chi connectivity index (χ1) is 12.2. The van der Waals surface area contributed by atoms with Gasteiger partial charge in [0.05, 0.1) is 23.4 Å². The second kappa shape index (κ2) is 7.78. The molecule has 1 aromatic heterocycles. The van der Waals surface area contributed by atoms with E-state index in [1.165, 1.54) is 11.9 Å². The lowest BCUT2D eigenvalue weighted by Crippen LogP contribution is -2.45. The average Bonchev–Trinajstić information content (AvgIpc) is 2.63. The third-order valence-electron chi connectivity index (χ3n) is 4.07. The lowest BCUT2D eigenvalue weighted by atomic mass is 10.1. The van der Waals surface area contributed by atoms with Crippen molar-refractivity contribution in [3.63, 3.8) is 0 Å². The highest BCUT2D eigenvalue weighted by Gasteiger charge is 2.27. The summed E-state index contributed by atoms with van der Waals surface area (Å²) in [6.07, 6.45) is 0.159. The van der Waals surface area contributed by atoms with Crippen LogP contribution in [-0.4, -0.2) is 45.9 Å². The van der Waals surface area contributed by atoms with E-state index in [9.17, 15) is 14.4 Å². The Morgan fingerprint density at radius 2 is 2.04 bits per heavy atom. The molecule has 136 valence electrons. The summed E-state index contributed by atoms with van der Waals surface area (Å²) in [4.78, 5) is 43.9. The van der Waals surface area contributed by atoms with E-state index < -0.39 is 24.0 Å². The first-order valence-electron chi connectivity index (χ1n) is 8.06. The number of esters is 1. The van der Waals surface area contributed by atoms with Crippen LogP contribution in [0.3, 0.4) is 0 Å². The zero-order valence-electron chi connectivity index (χ0n) is 14.9. The monoisotopic (exact) mass is 356 g/mol. The Hall–Kier alpha value is -3.21. The smallest absolute Gasteiger partial charge is 0.306 e. The molecule has 2 aromatic rings. The Morgan fingerprint density at radius 1 is 1.35 bits per heavy atom. The minimum atomic E-state index is -0.988. The fourth-order valence-corrected chi connectivity index (χ4v) is 2.17. The topological polar surface area (TPSA) is 116 Å². The number of likely N-dealkylation sites (N-methyl/N-ethyl adjacent to an activating group) is 1. The number of benzene rings is 1. The lowest BCUT2D eigenvalue weighted by molar-refractivity contribution is -0.152. The summed E-state index contributed by atoms with van der Waals surface area (Å²) < 4.78 is 4.94. The minimum Gasteiger partial charge on any atom is -0.456 e. The molecule has 1 aromatic carbocycles. The number of hydrogen-bond acceptors (Lipinski definition) is 6. The number of fused-ring (bicyclic) bond motifs is 1. The van der Waals surface area contributed by atoms with Crippen LogP contribution in [0.1, 0.15) is 26.1 Å². The third kappa shape index (κ3) is 4.45. The fraction of sp³-hybridized carbons (Fsp3) is 0.389. The molecule has 0 aliphatic rings. The van der Waals surface area contributed by atoms with Gasteiger partial charge >= 0.3 is 5.97 Å². The van der Waals surface area contributed by atoms with Crippen molar-refractivity contribution in [1.29, 1.82) is 5.26 Å². The van der Waals surface area contributed by atoms with Gasteiger partial charge in [-0.3, -0.25) is 14.4 Å². The van der Waals surface area contributed by atoms with Crippen molar-refractivity contribution < 1.29 is 14.3 Å². The van der Waals surface area contributed by atoms with Crippen LogP contribution >= 0.6 is 0 Å². The van der Waals surface area contributed by atoms with Crippen LogP contribution in [0.4, 0.5) is 0 Å². The number of aromatic nitrogens is 2. The van der Waals surface area contributed by atoms with E-state index in [-0.39, 0.29) is 18.4 Å². The highest BCUT2D eigenvalue weighted by atomic mass is 16.5. The molecule has 0 saturated carbocycles. The second-order valence-electron chi connectivity index (χ2n) is 6.31. The Kier molecular flexibility index (Phi) is 5.72. The van der Waals surface area contributed by atoms with Gasteiger partial charge in [-0.25, -0.2) is 4.98 Å². The van der Waals surface area contributed by atoms with Gasteiger partial charge in [-0.15, -0.1) is 0 Å². The first-order valence-corrected chi connectivity index (χ1v) is 8.06. The number of carbonyl (C=O) groups excluding carboxylic acids is 2. The highest BCUT2D eigenvalue weighted by molar-refractivity contribution is 5.81.